The summed E-state index contributed by atoms with van der Waals surface area (Å²) in [7, 11) is 0. The van der Waals surface area contributed by atoms with E-state index in [2.05, 4.69) is 15.9 Å². The first-order valence-electron chi connectivity index (χ1n) is 5.29. The van der Waals surface area contributed by atoms with Gasteiger partial charge in [-0.1, -0.05) is 23.7 Å². The molecule has 0 bridgehead atoms. The average molecular weight is 328 g/mol. The van der Waals surface area contributed by atoms with Crippen LogP contribution in [0.2, 0.25) is 5.02 Å². The second-order valence-corrected chi connectivity index (χ2v) is 5.12. The van der Waals surface area contributed by atoms with Crippen LogP contribution in [0.4, 0.5) is 4.39 Å². The van der Waals surface area contributed by atoms with Crippen molar-refractivity contribution in [2.24, 2.45) is 0 Å². The molecule has 0 aliphatic carbocycles. The van der Waals surface area contributed by atoms with Crippen LogP contribution in [0.15, 0.2) is 46.9 Å². The summed E-state index contributed by atoms with van der Waals surface area (Å²) in [5.74, 6) is -0.334. The maximum atomic E-state index is 12.7. The molecular weight excluding hydrogens is 319 g/mol. The lowest BCUT2D eigenvalue weighted by molar-refractivity contribution is 0.0993. The van der Waals surface area contributed by atoms with Crippen molar-refractivity contribution in [3.05, 3.63) is 68.9 Å². The van der Waals surface area contributed by atoms with Crippen molar-refractivity contribution < 1.29 is 9.18 Å². The van der Waals surface area contributed by atoms with Crippen LogP contribution in [0.3, 0.4) is 0 Å². The van der Waals surface area contributed by atoms with Gasteiger partial charge in [-0.25, -0.2) is 4.39 Å². The number of carbonyl (C=O) groups excluding carboxylic acids is 1. The summed E-state index contributed by atoms with van der Waals surface area (Å²) in [6.07, 6.45) is 0.244. The Kier molecular flexibility index (Phi) is 4.15. The quantitative estimate of drug-likeness (QED) is 0.749. The van der Waals surface area contributed by atoms with Gasteiger partial charge in [0.15, 0.2) is 5.78 Å². The summed E-state index contributed by atoms with van der Waals surface area (Å²) in [5.41, 5.74) is 1.36. The first kappa shape index (κ1) is 13.2. The molecule has 0 amide bonds. The topological polar surface area (TPSA) is 17.1 Å². The molecule has 0 atom stereocenters. The Balaban J connectivity index is 2.16. The molecule has 4 heteroatoms. The van der Waals surface area contributed by atoms with Gasteiger partial charge in [-0.15, -0.1) is 0 Å². The van der Waals surface area contributed by atoms with Gasteiger partial charge in [0.25, 0.3) is 0 Å². The summed E-state index contributed by atoms with van der Waals surface area (Å²) in [6.45, 7) is 0. The van der Waals surface area contributed by atoms with Crippen LogP contribution in [0, 0.1) is 5.82 Å². The predicted molar refractivity (Wildman–Crippen MR) is 73.6 cm³/mol. The van der Waals surface area contributed by atoms with Gasteiger partial charge in [0.1, 0.15) is 5.82 Å². The van der Waals surface area contributed by atoms with E-state index in [1.165, 1.54) is 12.1 Å². The molecule has 2 aromatic rings. The van der Waals surface area contributed by atoms with Crippen molar-refractivity contribution in [2.45, 2.75) is 6.42 Å². The van der Waals surface area contributed by atoms with Gasteiger partial charge in [0.05, 0.1) is 5.02 Å². The van der Waals surface area contributed by atoms with Crippen LogP contribution >= 0.6 is 27.5 Å². The van der Waals surface area contributed by atoms with Gasteiger partial charge < -0.3 is 0 Å². The van der Waals surface area contributed by atoms with Crippen molar-refractivity contribution >= 4 is 33.3 Å². The first-order chi connectivity index (χ1) is 8.56. The Morgan fingerprint density at radius 2 is 1.83 bits per heavy atom. The minimum Gasteiger partial charge on any atom is -0.294 e. The van der Waals surface area contributed by atoms with Crippen LogP contribution < -0.4 is 0 Å². The highest BCUT2D eigenvalue weighted by molar-refractivity contribution is 9.10. The number of rotatable bonds is 3. The van der Waals surface area contributed by atoms with E-state index in [0.29, 0.717) is 15.1 Å². The largest absolute Gasteiger partial charge is 0.294 e. The van der Waals surface area contributed by atoms with Gasteiger partial charge in [0, 0.05) is 16.5 Å². The normalized spacial score (nSPS) is 10.4. The van der Waals surface area contributed by atoms with Crippen molar-refractivity contribution in [1.29, 1.82) is 0 Å². The number of hydrogen-bond acceptors (Lipinski definition) is 1. The fourth-order valence-corrected chi connectivity index (χ4v) is 2.06. The average Bonchev–Trinajstić information content (AvgIpc) is 2.35. The van der Waals surface area contributed by atoms with Crippen LogP contribution in [0.5, 0.6) is 0 Å². The lowest BCUT2D eigenvalue weighted by Crippen LogP contribution is -2.03. The molecule has 0 spiro atoms. The van der Waals surface area contributed by atoms with Crippen LogP contribution in [-0.2, 0) is 6.42 Å². The minimum absolute atomic E-state index is 0.0287. The van der Waals surface area contributed by atoms with Crippen LogP contribution in [-0.4, -0.2) is 5.78 Å². The molecule has 2 aromatic carbocycles. The van der Waals surface area contributed by atoms with E-state index in [-0.39, 0.29) is 18.0 Å². The lowest BCUT2D eigenvalue weighted by atomic mass is 10.0. The molecule has 0 heterocycles. The Labute approximate surface area is 118 Å². The second kappa shape index (κ2) is 5.63. The molecule has 92 valence electrons. The van der Waals surface area contributed by atoms with Crippen molar-refractivity contribution in [2.75, 3.05) is 0 Å². The Bertz CT molecular complexity index is 581. The van der Waals surface area contributed by atoms with Crippen molar-refractivity contribution in [3.63, 3.8) is 0 Å². The third kappa shape index (κ3) is 3.18. The molecule has 0 saturated heterocycles. The molecule has 0 N–H and O–H groups in total. The smallest absolute Gasteiger partial charge is 0.167 e. The van der Waals surface area contributed by atoms with Crippen LogP contribution in [0.25, 0.3) is 0 Å². The highest BCUT2D eigenvalue weighted by Gasteiger charge is 2.09. The molecule has 0 aliphatic rings. The molecule has 0 aromatic heterocycles. The molecule has 18 heavy (non-hydrogen) atoms. The molecule has 0 unspecified atom stereocenters. The maximum Gasteiger partial charge on any atom is 0.167 e. The summed E-state index contributed by atoms with van der Waals surface area (Å²) < 4.78 is 13.4. The van der Waals surface area contributed by atoms with E-state index in [1.54, 1.807) is 30.3 Å². The van der Waals surface area contributed by atoms with Crippen molar-refractivity contribution in [3.8, 4) is 0 Å². The van der Waals surface area contributed by atoms with Crippen molar-refractivity contribution in [1.82, 2.24) is 0 Å². The SMILES string of the molecule is O=C(Cc1ccc(F)cc1)c1ccc(Cl)c(Br)c1. The number of benzene rings is 2. The Hall–Kier alpha value is -1.19. The summed E-state index contributed by atoms with van der Waals surface area (Å²) in [6, 6.07) is 11.0. The van der Waals surface area contributed by atoms with Gasteiger partial charge in [-0.2, -0.15) is 0 Å². The Morgan fingerprint density at radius 3 is 2.44 bits per heavy atom. The van der Waals surface area contributed by atoms with Gasteiger partial charge in [-0.3, -0.25) is 4.79 Å². The zero-order valence-electron chi connectivity index (χ0n) is 9.29. The number of ketones is 1. The van der Waals surface area contributed by atoms with Gasteiger partial charge >= 0.3 is 0 Å². The van der Waals surface area contributed by atoms with E-state index in [0.717, 1.165) is 5.56 Å². The first-order valence-corrected chi connectivity index (χ1v) is 6.46. The maximum absolute atomic E-state index is 12.7. The standard InChI is InChI=1S/C14H9BrClFO/c15-12-8-10(3-6-13(12)16)14(18)7-9-1-4-11(17)5-2-9/h1-6,8H,7H2. The van der Waals surface area contributed by atoms with Crippen LogP contribution in [0.1, 0.15) is 15.9 Å². The number of hydrogen-bond donors (Lipinski definition) is 0. The van der Waals surface area contributed by atoms with Gasteiger partial charge in [0.2, 0.25) is 0 Å². The Morgan fingerprint density at radius 1 is 1.17 bits per heavy atom. The zero-order chi connectivity index (χ0) is 13.1. The molecule has 0 aliphatic heterocycles. The fourth-order valence-electron chi connectivity index (χ4n) is 1.56. The summed E-state index contributed by atoms with van der Waals surface area (Å²) >= 11 is 9.14. The molecule has 0 saturated carbocycles. The van der Waals surface area contributed by atoms with E-state index in [4.69, 9.17) is 11.6 Å². The lowest BCUT2D eigenvalue weighted by Gasteiger charge is -2.03. The highest BCUT2D eigenvalue weighted by atomic mass is 79.9. The van der Waals surface area contributed by atoms with E-state index >= 15 is 0 Å². The molecule has 1 nitrogen and oxygen atoms in total. The molecular formula is C14H9BrClFO. The number of halogens is 3. The fraction of sp³-hybridized carbons (Fsp3) is 0.0714. The number of Topliss-reactive ketones (excluding diaryl/α,β-unsaturated/α-hetero) is 1. The molecule has 2 rings (SSSR count). The third-order valence-corrected chi connectivity index (χ3v) is 3.73. The third-order valence-electron chi connectivity index (χ3n) is 2.52. The predicted octanol–water partition coefficient (Wildman–Crippen LogP) is 4.67. The van der Waals surface area contributed by atoms with E-state index < -0.39 is 0 Å². The minimum atomic E-state index is -0.305. The summed E-state index contributed by atoms with van der Waals surface area (Å²) in [4.78, 5) is 12.0. The van der Waals surface area contributed by atoms with E-state index in [9.17, 15) is 9.18 Å². The highest BCUT2D eigenvalue weighted by Crippen LogP contribution is 2.23. The molecule has 0 fully saturated rings. The number of carbonyl (C=O) groups is 1. The molecule has 0 radical (unpaired) electrons. The summed E-state index contributed by atoms with van der Waals surface area (Å²) in [5, 5.41) is 0.563. The zero-order valence-corrected chi connectivity index (χ0v) is 11.6. The van der Waals surface area contributed by atoms with E-state index in [1.807, 2.05) is 0 Å². The monoisotopic (exact) mass is 326 g/mol. The second-order valence-electron chi connectivity index (χ2n) is 3.86. The van der Waals surface area contributed by atoms with Gasteiger partial charge in [-0.05, 0) is 51.8 Å².